The average Bonchev–Trinajstić information content (AvgIpc) is 1.93. The summed E-state index contributed by atoms with van der Waals surface area (Å²) in [4.78, 5) is 0. The Bertz CT molecular complexity index is 87.6. The summed E-state index contributed by atoms with van der Waals surface area (Å²) < 4.78 is 4.25. The molecule has 0 N–H and O–H groups in total. The lowest BCUT2D eigenvalue weighted by molar-refractivity contribution is 0.277. The van der Waals surface area contributed by atoms with Gasteiger partial charge in [0.1, 0.15) is 0 Å². The lowest BCUT2D eigenvalue weighted by Crippen LogP contribution is -1.55. The van der Waals surface area contributed by atoms with E-state index in [1.807, 2.05) is 36.4 Å². The summed E-state index contributed by atoms with van der Waals surface area (Å²) in [6.07, 6.45) is 0. The van der Waals surface area contributed by atoms with Crippen molar-refractivity contribution in [1.82, 2.24) is 0 Å². The lowest BCUT2D eigenvalue weighted by atomic mass is 10.4. The fourth-order valence-electron chi connectivity index (χ4n) is 0.385. The minimum absolute atomic E-state index is 0. The normalized spacial score (nSPS) is 6.60. The van der Waals surface area contributed by atoms with E-state index in [-0.39, 0.29) is 7.43 Å². The number of ether oxygens (including phenoxy) is 1. The minimum Gasteiger partial charge on any atom is -0.388 e. The van der Waals surface area contributed by atoms with E-state index in [1.54, 1.807) is 14.2 Å². The molecule has 0 aliphatic heterocycles. The van der Waals surface area contributed by atoms with E-state index in [1.165, 1.54) is 0 Å². The molecule has 0 unspecified atom stereocenters. The molecule has 10 heavy (non-hydrogen) atoms. The van der Waals surface area contributed by atoms with Crippen LogP contribution in [0.1, 0.15) is 7.43 Å². The van der Waals surface area contributed by atoms with Crippen LogP contribution in [0.15, 0.2) is 36.4 Å². The number of methoxy groups -OCH3 is 1. The van der Waals surface area contributed by atoms with Gasteiger partial charge in [0.05, 0.1) is 0 Å². The number of hydrogen-bond donors (Lipinski definition) is 0. The molecular formula is C9H16O. The van der Waals surface area contributed by atoms with Crippen LogP contribution in [0.5, 0.6) is 0 Å². The highest BCUT2D eigenvalue weighted by molar-refractivity contribution is 4.99. The highest BCUT2D eigenvalue weighted by atomic mass is 16.4. The van der Waals surface area contributed by atoms with Crippen molar-refractivity contribution in [2.45, 2.75) is 7.43 Å². The molecule has 1 rings (SSSR count). The number of rotatable bonds is 0. The van der Waals surface area contributed by atoms with Gasteiger partial charge in [-0.1, -0.05) is 43.8 Å². The van der Waals surface area contributed by atoms with Gasteiger partial charge < -0.3 is 4.74 Å². The summed E-state index contributed by atoms with van der Waals surface area (Å²) in [6.45, 7) is 0. The zero-order valence-corrected chi connectivity index (χ0v) is 5.87. The van der Waals surface area contributed by atoms with Gasteiger partial charge in [-0.3, -0.25) is 0 Å². The van der Waals surface area contributed by atoms with Crippen LogP contribution in [0.4, 0.5) is 0 Å². The third-order valence-electron chi connectivity index (χ3n) is 0.667. The zero-order valence-electron chi connectivity index (χ0n) is 5.87. The number of benzene rings is 1. The second kappa shape index (κ2) is 11.0. The fourth-order valence-corrected chi connectivity index (χ4v) is 0.385. The minimum atomic E-state index is 0. The fraction of sp³-hybridized carbons (Fsp3) is 0.333. The molecule has 0 amide bonds. The molecule has 1 aromatic rings. The smallest absolute Gasteiger partial charge is 0.0351 e. The first-order valence-electron chi connectivity index (χ1n) is 2.82. The summed E-state index contributed by atoms with van der Waals surface area (Å²) in [7, 11) is 3.25. The summed E-state index contributed by atoms with van der Waals surface area (Å²) in [5, 5.41) is 0. The Labute approximate surface area is 63.7 Å². The van der Waals surface area contributed by atoms with Crippen LogP contribution in [0.25, 0.3) is 0 Å². The van der Waals surface area contributed by atoms with E-state index < -0.39 is 0 Å². The van der Waals surface area contributed by atoms with Crippen molar-refractivity contribution in [3.05, 3.63) is 36.4 Å². The maximum Gasteiger partial charge on any atom is 0.0351 e. The van der Waals surface area contributed by atoms with Crippen LogP contribution in [-0.2, 0) is 4.74 Å². The summed E-state index contributed by atoms with van der Waals surface area (Å²) in [6, 6.07) is 12.0. The molecule has 0 saturated heterocycles. The molecule has 0 saturated carbocycles. The Hall–Kier alpha value is -0.820. The monoisotopic (exact) mass is 140 g/mol. The van der Waals surface area contributed by atoms with Crippen molar-refractivity contribution in [1.29, 1.82) is 0 Å². The molecule has 0 radical (unpaired) electrons. The molecule has 1 nitrogen and oxygen atoms in total. The van der Waals surface area contributed by atoms with Crippen LogP contribution in [0.3, 0.4) is 0 Å². The molecule has 1 heteroatoms. The zero-order chi connectivity index (χ0) is 6.95. The molecule has 1 aromatic carbocycles. The van der Waals surface area contributed by atoms with Crippen molar-refractivity contribution in [3.63, 3.8) is 0 Å². The molecule has 0 aromatic heterocycles. The average molecular weight is 140 g/mol. The van der Waals surface area contributed by atoms with Gasteiger partial charge in [0.15, 0.2) is 0 Å². The van der Waals surface area contributed by atoms with Gasteiger partial charge in [0.2, 0.25) is 0 Å². The van der Waals surface area contributed by atoms with E-state index >= 15 is 0 Å². The quantitative estimate of drug-likeness (QED) is 0.538. The van der Waals surface area contributed by atoms with Crippen LogP contribution in [-0.4, -0.2) is 14.2 Å². The molecular weight excluding hydrogens is 124 g/mol. The predicted molar refractivity (Wildman–Crippen MR) is 46.1 cm³/mol. The summed E-state index contributed by atoms with van der Waals surface area (Å²) in [5.74, 6) is 0. The Morgan fingerprint density at radius 2 is 0.800 bits per heavy atom. The van der Waals surface area contributed by atoms with Gasteiger partial charge in [-0.25, -0.2) is 0 Å². The van der Waals surface area contributed by atoms with Crippen molar-refractivity contribution in [2.75, 3.05) is 14.2 Å². The van der Waals surface area contributed by atoms with E-state index in [0.717, 1.165) is 0 Å². The van der Waals surface area contributed by atoms with Crippen LogP contribution in [0, 0.1) is 0 Å². The standard InChI is InChI=1S/C6H6.C2H6O.CH4/c1-2-4-6-5-3-1;1-3-2;/h1-6H;1-2H3;1H4. The first kappa shape index (κ1) is 11.9. The molecule has 0 aliphatic rings. The van der Waals surface area contributed by atoms with E-state index in [9.17, 15) is 0 Å². The highest BCUT2D eigenvalue weighted by Gasteiger charge is 1.57. The molecule has 0 heterocycles. The van der Waals surface area contributed by atoms with E-state index in [4.69, 9.17) is 0 Å². The molecule has 0 spiro atoms. The second-order valence-corrected chi connectivity index (χ2v) is 1.56. The Morgan fingerprint density at radius 3 is 0.900 bits per heavy atom. The Morgan fingerprint density at radius 1 is 0.700 bits per heavy atom. The third-order valence-corrected chi connectivity index (χ3v) is 0.667. The van der Waals surface area contributed by atoms with Gasteiger partial charge in [0, 0.05) is 14.2 Å². The van der Waals surface area contributed by atoms with Gasteiger partial charge in [0.25, 0.3) is 0 Å². The Kier molecular flexibility index (Phi) is 13.2. The number of hydrogen-bond acceptors (Lipinski definition) is 1. The molecule has 0 fully saturated rings. The Balaban J connectivity index is 0. The SMILES string of the molecule is C.COC.c1ccccc1. The summed E-state index contributed by atoms with van der Waals surface area (Å²) in [5.41, 5.74) is 0. The molecule has 58 valence electrons. The van der Waals surface area contributed by atoms with Gasteiger partial charge in [-0.2, -0.15) is 0 Å². The van der Waals surface area contributed by atoms with Gasteiger partial charge in [-0.05, 0) is 0 Å². The van der Waals surface area contributed by atoms with Crippen LogP contribution >= 0.6 is 0 Å². The van der Waals surface area contributed by atoms with Crippen LogP contribution in [0.2, 0.25) is 0 Å². The molecule has 0 bridgehead atoms. The lowest BCUT2D eigenvalue weighted by Gasteiger charge is -1.69. The van der Waals surface area contributed by atoms with E-state index in [2.05, 4.69) is 4.74 Å². The van der Waals surface area contributed by atoms with Crippen molar-refractivity contribution in [2.24, 2.45) is 0 Å². The van der Waals surface area contributed by atoms with Gasteiger partial charge in [-0.15, -0.1) is 0 Å². The third kappa shape index (κ3) is 10.2. The summed E-state index contributed by atoms with van der Waals surface area (Å²) >= 11 is 0. The van der Waals surface area contributed by atoms with Crippen molar-refractivity contribution < 1.29 is 4.74 Å². The van der Waals surface area contributed by atoms with E-state index in [0.29, 0.717) is 0 Å². The maximum atomic E-state index is 4.25. The van der Waals surface area contributed by atoms with Crippen molar-refractivity contribution in [3.8, 4) is 0 Å². The molecule has 0 atom stereocenters. The predicted octanol–water partition coefficient (Wildman–Crippen LogP) is 2.59. The van der Waals surface area contributed by atoms with Crippen molar-refractivity contribution >= 4 is 0 Å². The first-order valence-corrected chi connectivity index (χ1v) is 2.82. The first-order chi connectivity index (χ1) is 4.41. The maximum absolute atomic E-state index is 4.25. The van der Waals surface area contributed by atoms with Crippen LogP contribution < -0.4 is 0 Å². The second-order valence-electron chi connectivity index (χ2n) is 1.56. The molecule has 0 aliphatic carbocycles. The van der Waals surface area contributed by atoms with Gasteiger partial charge >= 0.3 is 0 Å². The topological polar surface area (TPSA) is 9.23 Å². The largest absolute Gasteiger partial charge is 0.388 e. The highest BCUT2D eigenvalue weighted by Crippen LogP contribution is 1.79.